The molecule has 0 atom stereocenters. The fourth-order valence-corrected chi connectivity index (χ4v) is 3.08. The molecule has 1 aromatic carbocycles. The van der Waals surface area contributed by atoms with Gasteiger partial charge in [-0.3, -0.25) is 10.2 Å². The van der Waals surface area contributed by atoms with Crippen LogP contribution in [0.5, 0.6) is 0 Å². The molecule has 1 aliphatic rings. The number of anilines is 1. The largest absolute Gasteiger partial charge is 0.356 e. The average molecular weight is 343 g/mol. The number of aromatic nitrogens is 1. The van der Waals surface area contributed by atoms with Gasteiger partial charge >= 0.3 is 0 Å². The first-order valence-electron chi connectivity index (χ1n) is 8.33. The highest BCUT2D eigenvalue weighted by Crippen LogP contribution is 2.27. The Morgan fingerprint density at radius 2 is 2.04 bits per heavy atom. The molecule has 1 aromatic heterocycles. The maximum atomic E-state index is 13.9. The predicted molar refractivity (Wildman–Crippen MR) is 96.5 cm³/mol. The van der Waals surface area contributed by atoms with Gasteiger partial charge in [0, 0.05) is 37.5 Å². The molecule has 1 fully saturated rings. The Balaban J connectivity index is 2.11. The van der Waals surface area contributed by atoms with Crippen LogP contribution in [-0.2, 0) is 4.79 Å². The van der Waals surface area contributed by atoms with Crippen LogP contribution >= 0.6 is 0 Å². The van der Waals surface area contributed by atoms with Crippen LogP contribution in [0.25, 0.3) is 10.9 Å². The van der Waals surface area contributed by atoms with Crippen molar-refractivity contribution in [2.45, 2.75) is 32.7 Å². The summed E-state index contributed by atoms with van der Waals surface area (Å²) in [5, 5.41) is 11.5. The van der Waals surface area contributed by atoms with Crippen LogP contribution in [0.2, 0.25) is 0 Å². The van der Waals surface area contributed by atoms with Crippen molar-refractivity contribution in [3.63, 3.8) is 0 Å². The lowest BCUT2D eigenvalue weighted by Gasteiger charge is -2.32. The minimum Gasteiger partial charge on any atom is -0.356 e. The van der Waals surface area contributed by atoms with Crippen LogP contribution in [0, 0.1) is 18.2 Å². The highest BCUT2D eigenvalue weighted by atomic mass is 19.1. The van der Waals surface area contributed by atoms with Gasteiger partial charge in [0.15, 0.2) is 0 Å². The molecule has 4 N–H and O–H groups in total. The number of aryl methyl sites for hydroxylation is 1. The fourth-order valence-electron chi connectivity index (χ4n) is 3.08. The van der Waals surface area contributed by atoms with E-state index in [9.17, 15) is 9.18 Å². The Morgan fingerprint density at radius 3 is 2.68 bits per heavy atom. The number of piperidine rings is 1. The number of carbonyl (C=O) groups excluding carboxylic acids is 1. The Kier molecular flexibility index (Phi) is 4.67. The Labute approximate surface area is 145 Å². The maximum absolute atomic E-state index is 13.9. The highest BCUT2D eigenvalue weighted by molar-refractivity contribution is 6.10. The monoisotopic (exact) mass is 343 g/mol. The van der Waals surface area contributed by atoms with Gasteiger partial charge in [-0.25, -0.2) is 9.37 Å². The van der Waals surface area contributed by atoms with Gasteiger partial charge in [-0.05, 0) is 37.5 Å². The van der Waals surface area contributed by atoms with Crippen LogP contribution in [-0.4, -0.2) is 35.9 Å². The van der Waals surface area contributed by atoms with Crippen molar-refractivity contribution in [2.24, 2.45) is 5.73 Å². The van der Waals surface area contributed by atoms with Gasteiger partial charge in [-0.1, -0.05) is 0 Å². The molecule has 2 heterocycles. The second-order valence-electron chi connectivity index (χ2n) is 6.53. The molecule has 1 aliphatic heterocycles. The molecule has 6 nitrogen and oxygen atoms in total. The number of fused-ring (bicyclic) bond motifs is 1. The Morgan fingerprint density at radius 1 is 1.36 bits per heavy atom. The minimum absolute atomic E-state index is 0.00579. The van der Waals surface area contributed by atoms with Gasteiger partial charge < -0.3 is 16.0 Å². The van der Waals surface area contributed by atoms with Gasteiger partial charge in [-0.15, -0.1) is 0 Å². The number of amides is 1. The van der Waals surface area contributed by atoms with Crippen molar-refractivity contribution in [2.75, 3.05) is 18.0 Å². The normalized spacial score (nSPS) is 15.4. The van der Waals surface area contributed by atoms with Crippen molar-refractivity contribution in [1.29, 1.82) is 5.41 Å². The molecule has 3 rings (SSSR count). The van der Waals surface area contributed by atoms with E-state index in [1.165, 1.54) is 13.0 Å². The first kappa shape index (κ1) is 17.3. The number of benzene rings is 1. The number of amidine groups is 1. The molecule has 0 aliphatic carbocycles. The van der Waals surface area contributed by atoms with Crippen molar-refractivity contribution in [3.05, 3.63) is 35.1 Å². The van der Waals surface area contributed by atoms with Crippen LogP contribution in [0.3, 0.4) is 0 Å². The van der Waals surface area contributed by atoms with Gasteiger partial charge in [0.1, 0.15) is 17.5 Å². The van der Waals surface area contributed by atoms with Crippen molar-refractivity contribution in [3.8, 4) is 0 Å². The Hall–Kier alpha value is -2.54. The summed E-state index contributed by atoms with van der Waals surface area (Å²) in [6, 6.07) is 5.07. The molecule has 132 valence electrons. The van der Waals surface area contributed by atoms with Crippen molar-refractivity contribution in [1.82, 2.24) is 10.3 Å². The lowest BCUT2D eigenvalue weighted by Crippen LogP contribution is -2.41. The third kappa shape index (κ3) is 3.61. The zero-order chi connectivity index (χ0) is 18.1. The number of halogens is 1. The number of nitrogens with two attached hydrogens (primary N) is 1. The third-order valence-electron chi connectivity index (χ3n) is 4.48. The third-order valence-corrected chi connectivity index (χ3v) is 4.48. The van der Waals surface area contributed by atoms with E-state index in [4.69, 9.17) is 11.1 Å². The molecule has 1 amide bonds. The molecule has 0 spiro atoms. The average Bonchev–Trinajstić information content (AvgIpc) is 2.55. The second kappa shape index (κ2) is 6.76. The summed E-state index contributed by atoms with van der Waals surface area (Å²) >= 11 is 0. The standard InChI is InChI=1S/C18H22FN5O/c1-10-7-12-8-14(17(21)22-11(2)25)18(23-16(12)9-15(10)19)24-5-3-13(20)4-6-24/h7-9,13H,3-6,20H2,1-2H3,(H2,21,22,25). The van der Waals surface area contributed by atoms with Gasteiger partial charge in [-0.2, -0.15) is 0 Å². The van der Waals surface area contributed by atoms with Crippen LogP contribution in [0.1, 0.15) is 30.9 Å². The number of hydrogen-bond donors (Lipinski definition) is 3. The molecule has 25 heavy (non-hydrogen) atoms. The van der Waals surface area contributed by atoms with E-state index >= 15 is 0 Å². The van der Waals surface area contributed by atoms with E-state index in [-0.39, 0.29) is 23.6 Å². The predicted octanol–water partition coefficient (Wildman–Crippen LogP) is 2.07. The van der Waals surface area contributed by atoms with Gasteiger partial charge in [0.2, 0.25) is 5.91 Å². The summed E-state index contributed by atoms with van der Waals surface area (Å²) in [6.45, 7) is 4.48. The summed E-state index contributed by atoms with van der Waals surface area (Å²) < 4.78 is 13.9. The second-order valence-corrected chi connectivity index (χ2v) is 6.53. The zero-order valence-electron chi connectivity index (χ0n) is 14.4. The molecular weight excluding hydrogens is 321 g/mol. The van der Waals surface area contributed by atoms with E-state index in [0.717, 1.165) is 18.2 Å². The topological polar surface area (TPSA) is 95.1 Å². The summed E-state index contributed by atoms with van der Waals surface area (Å²) in [7, 11) is 0. The first-order valence-corrected chi connectivity index (χ1v) is 8.33. The number of rotatable bonds is 2. The number of carbonyl (C=O) groups is 1. The van der Waals surface area contributed by atoms with E-state index in [2.05, 4.69) is 10.3 Å². The van der Waals surface area contributed by atoms with E-state index in [1.807, 2.05) is 4.90 Å². The van der Waals surface area contributed by atoms with Crippen LogP contribution in [0.4, 0.5) is 10.2 Å². The number of hydrogen-bond acceptors (Lipinski definition) is 5. The van der Waals surface area contributed by atoms with Gasteiger partial charge in [0.05, 0.1) is 11.1 Å². The smallest absolute Gasteiger partial charge is 0.222 e. The minimum atomic E-state index is -0.313. The molecule has 2 aromatic rings. The molecular formula is C18H22FN5O. The highest BCUT2D eigenvalue weighted by Gasteiger charge is 2.22. The fraction of sp³-hybridized carbons (Fsp3) is 0.389. The lowest BCUT2D eigenvalue weighted by atomic mass is 10.0. The van der Waals surface area contributed by atoms with Crippen molar-refractivity contribution < 1.29 is 9.18 Å². The Bertz CT molecular complexity index is 843. The summed E-state index contributed by atoms with van der Waals surface area (Å²) in [5.41, 5.74) is 7.55. The zero-order valence-corrected chi connectivity index (χ0v) is 14.4. The van der Waals surface area contributed by atoms with Crippen molar-refractivity contribution >= 4 is 28.5 Å². The molecule has 0 unspecified atom stereocenters. The molecule has 0 bridgehead atoms. The summed E-state index contributed by atoms with van der Waals surface area (Å²) in [5.74, 6) is -0.0431. The van der Waals surface area contributed by atoms with E-state index < -0.39 is 0 Å². The summed E-state index contributed by atoms with van der Waals surface area (Å²) in [6.07, 6.45) is 1.66. The van der Waals surface area contributed by atoms with Crippen LogP contribution < -0.4 is 16.0 Å². The first-order chi connectivity index (χ1) is 11.8. The molecule has 7 heteroatoms. The number of pyridine rings is 1. The number of nitrogens with zero attached hydrogens (tertiary/aromatic N) is 2. The van der Waals surface area contributed by atoms with Gasteiger partial charge in [0.25, 0.3) is 0 Å². The van der Waals surface area contributed by atoms with E-state index in [1.54, 1.807) is 19.1 Å². The lowest BCUT2D eigenvalue weighted by molar-refractivity contribution is -0.117. The summed E-state index contributed by atoms with van der Waals surface area (Å²) in [4.78, 5) is 18.0. The quantitative estimate of drug-likeness (QED) is 0.575. The molecule has 0 saturated carbocycles. The molecule has 0 radical (unpaired) electrons. The maximum Gasteiger partial charge on any atom is 0.222 e. The van der Waals surface area contributed by atoms with Crippen LogP contribution in [0.15, 0.2) is 18.2 Å². The SMILES string of the molecule is CC(=O)NC(=N)c1cc2cc(C)c(F)cc2nc1N1CCC(N)CC1. The number of nitrogens with one attached hydrogen (secondary N) is 2. The molecule has 1 saturated heterocycles. The van der Waals surface area contributed by atoms with E-state index in [0.29, 0.717) is 35.6 Å².